The zero-order chi connectivity index (χ0) is 13.5. The highest BCUT2D eigenvalue weighted by Crippen LogP contribution is 2.01. The van der Waals surface area contributed by atoms with E-state index < -0.39 is 12.0 Å². The third-order valence-corrected chi connectivity index (χ3v) is 3.06. The lowest BCUT2D eigenvalue weighted by atomic mass is 10.2. The van der Waals surface area contributed by atoms with Gasteiger partial charge in [0.15, 0.2) is 0 Å². The highest BCUT2D eigenvalue weighted by atomic mass is 16.4. The lowest BCUT2D eigenvalue weighted by molar-refractivity contribution is -0.138. The highest BCUT2D eigenvalue weighted by Gasteiger charge is 2.17. The maximum Gasteiger partial charge on any atom is 0.320 e. The zero-order valence-corrected chi connectivity index (χ0v) is 10.8. The molecule has 104 valence electrons. The number of urea groups is 1. The van der Waals surface area contributed by atoms with E-state index in [0.717, 1.165) is 26.1 Å². The van der Waals surface area contributed by atoms with Gasteiger partial charge in [-0.25, -0.2) is 4.79 Å². The third-order valence-electron chi connectivity index (χ3n) is 3.06. The van der Waals surface area contributed by atoms with Crippen molar-refractivity contribution in [2.75, 3.05) is 39.8 Å². The number of amides is 2. The molecule has 1 aliphatic heterocycles. The van der Waals surface area contributed by atoms with Gasteiger partial charge in [0.25, 0.3) is 0 Å². The van der Waals surface area contributed by atoms with Crippen molar-refractivity contribution in [2.24, 2.45) is 5.73 Å². The number of carbonyl (C=O) groups is 2. The van der Waals surface area contributed by atoms with Gasteiger partial charge in [-0.1, -0.05) is 0 Å². The molecule has 7 heteroatoms. The van der Waals surface area contributed by atoms with E-state index in [1.54, 1.807) is 4.90 Å². The maximum absolute atomic E-state index is 11.8. The van der Waals surface area contributed by atoms with Crippen LogP contribution in [0.5, 0.6) is 0 Å². The van der Waals surface area contributed by atoms with Crippen LogP contribution in [0, 0.1) is 0 Å². The molecule has 1 aliphatic rings. The number of carboxylic acid groups (broad SMARTS) is 1. The average Bonchev–Trinajstić information content (AvgIpc) is 2.53. The molecule has 1 rings (SSSR count). The van der Waals surface area contributed by atoms with Crippen LogP contribution in [0.1, 0.15) is 12.8 Å². The summed E-state index contributed by atoms with van der Waals surface area (Å²) >= 11 is 0. The Bertz CT molecular complexity index is 298. The standard InChI is InChI=1S/C11H22N4O3/c1-14-5-2-6-15(8-7-14)11(18)13-4-3-9(12)10(16)17/h9H,2-8,12H2,1H3,(H,13,18)(H,16,17). The lowest BCUT2D eigenvalue weighted by Gasteiger charge is -2.21. The normalized spacial score (nSPS) is 19.1. The number of carboxylic acids is 1. The monoisotopic (exact) mass is 258 g/mol. The van der Waals surface area contributed by atoms with Crippen molar-refractivity contribution in [1.82, 2.24) is 15.1 Å². The second kappa shape index (κ2) is 7.17. The molecule has 1 atom stereocenters. The number of hydrogen-bond donors (Lipinski definition) is 3. The first-order valence-corrected chi connectivity index (χ1v) is 6.20. The van der Waals surface area contributed by atoms with Gasteiger partial charge >= 0.3 is 12.0 Å². The highest BCUT2D eigenvalue weighted by molar-refractivity contribution is 5.75. The van der Waals surface area contributed by atoms with Crippen LogP contribution in [0.3, 0.4) is 0 Å². The van der Waals surface area contributed by atoms with Crippen molar-refractivity contribution in [2.45, 2.75) is 18.9 Å². The molecule has 0 bridgehead atoms. The summed E-state index contributed by atoms with van der Waals surface area (Å²) in [6, 6.07) is -1.05. The number of likely N-dealkylation sites (N-methyl/N-ethyl adjacent to an activating group) is 1. The fraction of sp³-hybridized carbons (Fsp3) is 0.818. The van der Waals surface area contributed by atoms with Gasteiger partial charge in [-0.3, -0.25) is 4.79 Å². The number of carbonyl (C=O) groups excluding carboxylic acids is 1. The number of hydrogen-bond acceptors (Lipinski definition) is 4. The Hall–Kier alpha value is -1.34. The van der Waals surface area contributed by atoms with Crippen molar-refractivity contribution in [3.63, 3.8) is 0 Å². The Morgan fingerprint density at radius 2 is 2.06 bits per heavy atom. The summed E-state index contributed by atoms with van der Waals surface area (Å²) in [5.74, 6) is -1.04. The molecule has 0 aliphatic carbocycles. The SMILES string of the molecule is CN1CCCN(C(=O)NCCC(N)C(=O)O)CC1. The van der Waals surface area contributed by atoms with Crippen molar-refractivity contribution in [1.29, 1.82) is 0 Å². The predicted molar refractivity (Wildman–Crippen MR) is 67.3 cm³/mol. The summed E-state index contributed by atoms with van der Waals surface area (Å²) in [6.07, 6.45) is 1.20. The molecule has 4 N–H and O–H groups in total. The van der Waals surface area contributed by atoms with Gasteiger partial charge in [-0.2, -0.15) is 0 Å². The first-order valence-electron chi connectivity index (χ1n) is 6.20. The molecule has 0 aromatic carbocycles. The molecular weight excluding hydrogens is 236 g/mol. The quantitative estimate of drug-likeness (QED) is 0.609. The first-order chi connectivity index (χ1) is 8.50. The molecule has 1 fully saturated rings. The number of nitrogens with two attached hydrogens (primary N) is 1. The molecule has 0 aromatic heterocycles. The lowest BCUT2D eigenvalue weighted by Crippen LogP contribution is -2.43. The fourth-order valence-electron chi connectivity index (χ4n) is 1.82. The fourth-order valence-corrected chi connectivity index (χ4v) is 1.82. The summed E-state index contributed by atoms with van der Waals surface area (Å²) in [6.45, 7) is 3.59. The van der Waals surface area contributed by atoms with E-state index in [1.165, 1.54) is 0 Å². The molecule has 0 radical (unpaired) electrons. The Morgan fingerprint density at radius 1 is 1.33 bits per heavy atom. The van der Waals surface area contributed by atoms with Crippen LogP contribution in [0.4, 0.5) is 4.79 Å². The summed E-state index contributed by atoms with van der Waals surface area (Å²) in [7, 11) is 2.04. The zero-order valence-electron chi connectivity index (χ0n) is 10.8. The number of aliphatic carboxylic acids is 1. The average molecular weight is 258 g/mol. The predicted octanol–water partition coefficient (Wildman–Crippen LogP) is -0.864. The Labute approximate surface area is 107 Å². The van der Waals surface area contributed by atoms with Crippen LogP contribution in [-0.4, -0.2) is 72.7 Å². The number of rotatable bonds is 4. The first kappa shape index (κ1) is 14.7. The van der Waals surface area contributed by atoms with E-state index in [4.69, 9.17) is 10.8 Å². The largest absolute Gasteiger partial charge is 0.480 e. The van der Waals surface area contributed by atoms with E-state index in [2.05, 4.69) is 10.2 Å². The van der Waals surface area contributed by atoms with Crippen molar-refractivity contribution < 1.29 is 14.7 Å². The van der Waals surface area contributed by atoms with E-state index in [9.17, 15) is 9.59 Å². The molecule has 0 spiro atoms. The second-order valence-corrected chi connectivity index (χ2v) is 4.61. The maximum atomic E-state index is 11.8. The molecule has 1 unspecified atom stereocenters. The number of nitrogens with one attached hydrogen (secondary N) is 1. The van der Waals surface area contributed by atoms with Gasteiger partial charge in [0.1, 0.15) is 6.04 Å². The van der Waals surface area contributed by atoms with Crippen LogP contribution in [0.2, 0.25) is 0 Å². The van der Waals surface area contributed by atoms with Gasteiger partial charge < -0.3 is 26.0 Å². The van der Waals surface area contributed by atoms with Crippen molar-refractivity contribution in [3.05, 3.63) is 0 Å². The van der Waals surface area contributed by atoms with Crippen LogP contribution in [0.25, 0.3) is 0 Å². The van der Waals surface area contributed by atoms with Crippen LogP contribution in [0.15, 0.2) is 0 Å². The second-order valence-electron chi connectivity index (χ2n) is 4.61. The molecule has 0 aromatic rings. The van der Waals surface area contributed by atoms with Crippen LogP contribution in [-0.2, 0) is 4.79 Å². The van der Waals surface area contributed by atoms with Crippen LogP contribution < -0.4 is 11.1 Å². The molecule has 0 saturated carbocycles. The Balaban J connectivity index is 2.25. The van der Waals surface area contributed by atoms with E-state index in [-0.39, 0.29) is 12.5 Å². The van der Waals surface area contributed by atoms with E-state index in [1.807, 2.05) is 7.05 Å². The van der Waals surface area contributed by atoms with Gasteiger partial charge in [0.05, 0.1) is 0 Å². The number of nitrogens with zero attached hydrogens (tertiary/aromatic N) is 2. The summed E-state index contributed by atoms with van der Waals surface area (Å²) < 4.78 is 0. The summed E-state index contributed by atoms with van der Waals surface area (Å²) in [4.78, 5) is 26.3. The van der Waals surface area contributed by atoms with Gasteiger partial charge in [0, 0.05) is 26.2 Å². The minimum atomic E-state index is -1.04. The molecular formula is C11H22N4O3. The minimum Gasteiger partial charge on any atom is -0.480 e. The molecule has 1 heterocycles. The summed E-state index contributed by atoms with van der Waals surface area (Å²) in [5.41, 5.74) is 5.35. The van der Waals surface area contributed by atoms with Gasteiger partial charge in [-0.15, -0.1) is 0 Å². The van der Waals surface area contributed by atoms with E-state index >= 15 is 0 Å². The third kappa shape index (κ3) is 4.89. The Morgan fingerprint density at radius 3 is 2.72 bits per heavy atom. The molecule has 1 saturated heterocycles. The van der Waals surface area contributed by atoms with Crippen molar-refractivity contribution in [3.8, 4) is 0 Å². The smallest absolute Gasteiger partial charge is 0.320 e. The Kier molecular flexibility index (Phi) is 5.87. The topological polar surface area (TPSA) is 98.9 Å². The van der Waals surface area contributed by atoms with E-state index in [0.29, 0.717) is 13.1 Å². The minimum absolute atomic E-state index is 0.136. The molecule has 2 amide bonds. The molecule has 18 heavy (non-hydrogen) atoms. The molecule has 7 nitrogen and oxygen atoms in total. The van der Waals surface area contributed by atoms with Gasteiger partial charge in [0.2, 0.25) is 0 Å². The van der Waals surface area contributed by atoms with Gasteiger partial charge in [-0.05, 0) is 26.4 Å². The van der Waals surface area contributed by atoms with Crippen LogP contribution >= 0.6 is 0 Å². The van der Waals surface area contributed by atoms with Crippen molar-refractivity contribution >= 4 is 12.0 Å². The summed E-state index contributed by atoms with van der Waals surface area (Å²) in [5, 5.41) is 11.3.